The minimum atomic E-state index is 0.101. The van der Waals surface area contributed by atoms with Crippen LogP contribution in [0.1, 0.15) is 19.4 Å². The average Bonchev–Trinajstić information content (AvgIpc) is 2.74. The number of nitrogens with zero attached hydrogens (tertiary/aromatic N) is 2. The topological polar surface area (TPSA) is 23.6 Å². The van der Waals surface area contributed by atoms with Crippen molar-refractivity contribution >= 4 is 17.5 Å². The molecule has 2 heterocycles. The molecule has 2 atom stereocenters. The number of hydrogen-bond donors (Lipinski definition) is 0. The van der Waals surface area contributed by atoms with Crippen LogP contribution >= 0.6 is 11.6 Å². The van der Waals surface area contributed by atoms with Gasteiger partial charge in [-0.15, -0.1) is 0 Å². The normalized spacial score (nSPS) is 25.7. The first-order valence-electron chi connectivity index (χ1n) is 7.32. The number of halogens is 1. The molecule has 0 radical (unpaired) electrons. The molecule has 0 N–H and O–H groups in total. The van der Waals surface area contributed by atoms with E-state index in [0.29, 0.717) is 12.0 Å². The number of likely N-dealkylation sites (tertiary alicyclic amines) is 2. The molecule has 3 rings (SSSR count). The van der Waals surface area contributed by atoms with Crippen molar-refractivity contribution in [3.8, 4) is 0 Å². The summed E-state index contributed by atoms with van der Waals surface area (Å²) in [6.45, 7) is 7.74. The van der Waals surface area contributed by atoms with Gasteiger partial charge in [0.1, 0.15) is 0 Å². The molecule has 3 nitrogen and oxygen atoms in total. The SMILES string of the molecule is CC(C)C(=O)N1CC2CN(Cc3ccccc3Cl)C2C1. The van der Waals surface area contributed by atoms with E-state index >= 15 is 0 Å². The lowest BCUT2D eigenvalue weighted by molar-refractivity contribution is -0.133. The van der Waals surface area contributed by atoms with Gasteiger partial charge in [-0.05, 0) is 11.6 Å². The van der Waals surface area contributed by atoms with Crippen molar-refractivity contribution in [1.29, 1.82) is 0 Å². The molecule has 20 heavy (non-hydrogen) atoms. The van der Waals surface area contributed by atoms with Crippen LogP contribution < -0.4 is 0 Å². The highest BCUT2D eigenvalue weighted by molar-refractivity contribution is 6.31. The molecule has 2 aliphatic heterocycles. The lowest BCUT2D eigenvalue weighted by atomic mass is 9.91. The van der Waals surface area contributed by atoms with Crippen LogP contribution in [0.2, 0.25) is 5.02 Å². The number of rotatable bonds is 3. The van der Waals surface area contributed by atoms with E-state index < -0.39 is 0 Å². The molecule has 0 spiro atoms. The molecular weight excluding hydrogens is 272 g/mol. The zero-order valence-corrected chi connectivity index (χ0v) is 12.8. The molecule has 2 saturated heterocycles. The van der Waals surface area contributed by atoms with Gasteiger partial charge in [-0.2, -0.15) is 0 Å². The number of benzene rings is 1. The molecule has 2 unspecified atom stereocenters. The van der Waals surface area contributed by atoms with E-state index in [2.05, 4.69) is 11.0 Å². The third-order valence-corrected chi connectivity index (χ3v) is 4.85. The van der Waals surface area contributed by atoms with Crippen molar-refractivity contribution in [2.24, 2.45) is 11.8 Å². The molecule has 0 aromatic heterocycles. The number of carbonyl (C=O) groups excluding carboxylic acids is 1. The molecule has 0 bridgehead atoms. The minimum Gasteiger partial charge on any atom is -0.341 e. The number of hydrogen-bond acceptors (Lipinski definition) is 2. The van der Waals surface area contributed by atoms with Gasteiger partial charge < -0.3 is 4.90 Å². The lowest BCUT2D eigenvalue weighted by Gasteiger charge is -2.43. The monoisotopic (exact) mass is 292 g/mol. The van der Waals surface area contributed by atoms with Crippen molar-refractivity contribution in [1.82, 2.24) is 9.80 Å². The second kappa shape index (κ2) is 5.38. The summed E-state index contributed by atoms with van der Waals surface area (Å²) in [5, 5.41) is 0.837. The van der Waals surface area contributed by atoms with Gasteiger partial charge in [0.05, 0.1) is 0 Å². The van der Waals surface area contributed by atoms with E-state index in [-0.39, 0.29) is 11.8 Å². The predicted octanol–water partition coefficient (Wildman–Crippen LogP) is 2.64. The first kappa shape index (κ1) is 13.9. The molecule has 108 valence electrons. The van der Waals surface area contributed by atoms with Crippen LogP contribution in [0.4, 0.5) is 0 Å². The number of fused-ring (bicyclic) bond motifs is 1. The van der Waals surface area contributed by atoms with Gasteiger partial charge in [0.15, 0.2) is 0 Å². The smallest absolute Gasteiger partial charge is 0.225 e. The van der Waals surface area contributed by atoms with E-state index in [9.17, 15) is 4.79 Å². The van der Waals surface area contributed by atoms with Crippen molar-refractivity contribution in [3.63, 3.8) is 0 Å². The summed E-state index contributed by atoms with van der Waals surface area (Å²) in [6, 6.07) is 8.54. The van der Waals surface area contributed by atoms with Gasteiger partial charge in [-0.25, -0.2) is 0 Å². The first-order valence-corrected chi connectivity index (χ1v) is 7.70. The Morgan fingerprint density at radius 1 is 1.30 bits per heavy atom. The minimum absolute atomic E-state index is 0.101. The van der Waals surface area contributed by atoms with Gasteiger partial charge in [-0.1, -0.05) is 43.6 Å². The molecular formula is C16H21ClN2O. The Bertz CT molecular complexity index is 517. The van der Waals surface area contributed by atoms with Crippen molar-refractivity contribution in [3.05, 3.63) is 34.9 Å². The highest BCUT2D eigenvalue weighted by Crippen LogP contribution is 2.34. The average molecular weight is 293 g/mol. The summed E-state index contributed by atoms with van der Waals surface area (Å²) in [5.74, 6) is 1.04. The predicted molar refractivity (Wildman–Crippen MR) is 80.6 cm³/mol. The fourth-order valence-corrected chi connectivity index (χ4v) is 3.51. The maximum absolute atomic E-state index is 12.1. The number of carbonyl (C=O) groups is 1. The summed E-state index contributed by atoms with van der Waals surface area (Å²) in [6.07, 6.45) is 0. The Labute approximate surface area is 125 Å². The fraction of sp³-hybridized carbons (Fsp3) is 0.562. The summed E-state index contributed by atoms with van der Waals surface area (Å²) in [5.41, 5.74) is 1.18. The fourth-order valence-electron chi connectivity index (χ4n) is 3.32. The Morgan fingerprint density at radius 2 is 2.05 bits per heavy atom. The van der Waals surface area contributed by atoms with Crippen LogP contribution in [0.25, 0.3) is 0 Å². The summed E-state index contributed by atoms with van der Waals surface area (Å²) in [7, 11) is 0. The van der Waals surface area contributed by atoms with Crippen molar-refractivity contribution in [2.75, 3.05) is 19.6 Å². The van der Waals surface area contributed by atoms with Gasteiger partial charge >= 0.3 is 0 Å². The molecule has 0 saturated carbocycles. The van der Waals surface area contributed by atoms with E-state index in [1.54, 1.807) is 0 Å². The quantitative estimate of drug-likeness (QED) is 0.855. The maximum Gasteiger partial charge on any atom is 0.225 e. The van der Waals surface area contributed by atoms with Crippen LogP contribution in [0.3, 0.4) is 0 Å². The van der Waals surface area contributed by atoms with Crippen molar-refractivity contribution < 1.29 is 4.79 Å². The van der Waals surface area contributed by atoms with Crippen LogP contribution in [0, 0.1) is 11.8 Å². The molecule has 1 aromatic rings. The summed E-state index contributed by atoms with van der Waals surface area (Å²) >= 11 is 6.22. The summed E-state index contributed by atoms with van der Waals surface area (Å²) < 4.78 is 0. The van der Waals surface area contributed by atoms with Gasteiger partial charge in [0.2, 0.25) is 5.91 Å². The molecule has 1 amide bonds. The van der Waals surface area contributed by atoms with Crippen LogP contribution in [-0.2, 0) is 11.3 Å². The molecule has 2 aliphatic rings. The van der Waals surface area contributed by atoms with E-state index in [1.165, 1.54) is 5.56 Å². The zero-order valence-electron chi connectivity index (χ0n) is 12.1. The third kappa shape index (κ3) is 2.45. The summed E-state index contributed by atoms with van der Waals surface area (Å²) in [4.78, 5) is 16.5. The first-order chi connectivity index (χ1) is 9.56. The Kier molecular flexibility index (Phi) is 3.74. The highest BCUT2D eigenvalue weighted by Gasteiger charge is 2.46. The Balaban J connectivity index is 1.61. The highest BCUT2D eigenvalue weighted by atomic mass is 35.5. The van der Waals surface area contributed by atoms with Crippen LogP contribution in [-0.4, -0.2) is 41.4 Å². The molecule has 1 aromatic carbocycles. The van der Waals surface area contributed by atoms with Crippen LogP contribution in [0.5, 0.6) is 0 Å². The Hall–Kier alpha value is -1.06. The molecule has 2 fully saturated rings. The third-order valence-electron chi connectivity index (χ3n) is 4.48. The number of amides is 1. The van der Waals surface area contributed by atoms with Gasteiger partial charge in [0.25, 0.3) is 0 Å². The second-order valence-corrected chi connectivity index (χ2v) is 6.65. The standard InChI is InChI=1S/C16H21ClN2O/c1-11(2)16(20)19-9-13-8-18(15(13)10-19)7-12-5-3-4-6-14(12)17/h3-6,11,13,15H,7-10H2,1-2H3. The largest absolute Gasteiger partial charge is 0.341 e. The van der Waals surface area contributed by atoms with E-state index in [0.717, 1.165) is 31.2 Å². The molecule has 4 heteroatoms. The van der Waals surface area contributed by atoms with Crippen LogP contribution in [0.15, 0.2) is 24.3 Å². The second-order valence-electron chi connectivity index (χ2n) is 6.25. The van der Waals surface area contributed by atoms with Gasteiger partial charge in [0, 0.05) is 49.1 Å². The molecule has 0 aliphatic carbocycles. The van der Waals surface area contributed by atoms with E-state index in [4.69, 9.17) is 11.6 Å². The lowest BCUT2D eigenvalue weighted by Crippen LogP contribution is -2.54. The maximum atomic E-state index is 12.1. The van der Waals surface area contributed by atoms with Gasteiger partial charge in [-0.3, -0.25) is 9.69 Å². The zero-order chi connectivity index (χ0) is 14.3. The van der Waals surface area contributed by atoms with Crippen molar-refractivity contribution in [2.45, 2.75) is 26.4 Å². The van der Waals surface area contributed by atoms with E-state index in [1.807, 2.05) is 36.9 Å². The Morgan fingerprint density at radius 3 is 2.75 bits per heavy atom.